The average molecular weight is 745 g/mol. The van der Waals surface area contributed by atoms with Crippen LogP contribution >= 0.6 is 11.3 Å². The lowest BCUT2D eigenvalue weighted by Crippen LogP contribution is -2.02. The highest BCUT2D eigenvalue weighted by molar-refractivity contribution is 7.26. The molecule has 0 saturated heterocycles. The average Bonchev–Trinajstić information content (AvgIpc) is 3.91. The molecule has 7 aromatic carbocycles. The van der Waals surface area contributed by atoms with Crippen LogP contribution < -0.4 is 0 Å². The third kappa shape index (κ3) is 4.34. The van der Waals surface area contributed by atoms with E-state index in [0.29, 0.717) is 17.5 Å². The Bertz CT molecular complexity index is 3620. The zero-order valence-electron chi connectivity index (χ0n) is 30.3. The Kier molecular flexibility index (Phi) is 6.23. The molecule has 0 saturated carbocycles. The number of fused-ring (bicyclic) bond motifs is 4. The van der Waals surface area contributed by atoms with Crippen molar-refractivity contribution in [2.45, 2.75) is 0 Å². The summed E-state index contributed by atoms with van der Waals surface area (Å²) in [6, 6.07) is 56.1. The normalized spacial score (nSPS) is 12.2. The number of aromatic nitrogens is 6. The van der Waals surface area contributed by atoms with Crippen molar-refractivity contribution in [1.82, 2.24) is 28.9 Å². The molecule has 0 radical (unpaired) electrons. The number of hydrogen-bond acceptors (Lipinski definition) is 5. The maximum absolute atomic E-state index is 5.17. The Hall–Kier alpha value is -7.48. The molecule has 57 heavy (non-hydrogen) atoms. The van der Waals surface area contributed by atoms with E-state index in [4.69, 9.17) is 15.0 Å². The van der Waals surface area contributed by atoms with E-state index in [0.717, 1.165) is 39.0 Å². The third-order valence-electron chi connectivity index (χ3n) is 11.6. The van der Waals surface area contributed by atoms with E-state index >= 15 is 0 Å². The number of thiophene rings is 1. The lowest BCUT2D eigenvalue weighted by molar-refractivity contribution is 1.07. The summed E-state index contributed by atoms with van der Waals surface area (Å²) in [5.41, 5.74) is 11.9. The largest absolute Gasteiger partial charge is 0.309 e. The Morgan fingerprint density at radius 1 is 0.386 bits per heavy atom. The van der Waals surface area contributed by atoms with Crippen LogP contribution in [0.25, 0.3) is 120 Å². The van der Waals surface area contributed by atoms with Crippen LogP contribution in [0.4, 0.5) is 0 Å². The van der Waals surface area contributed by atoms with Gasteiger partial charge in [-0.05, 0) is 77.9 Å². The summed E-state index contributed by atoms with van der Waals surface area (Å²) in [4.78, 5) is 19.7. The number of rotatable bonds is 5. The van der Waals surface area contributed by atoms with E-state index in [9.17, 15) is 0 Å². The van der Waals surface area contributed by atoms with Gasteiger partial charge in [-0.1, -0.05) is 91.0 Å². The number of benzene rings is 7. The van der Waals surface area contributed by atoms with Gasteiger partial charge in [0.05, 0.1) is 27.6 Å². The molecular formula is C50H28N6S. The van der Waals surface area contributed by atoms with Crippen LogP contribution in [-0.2, 0) is 0 Å². The van der Waals surface area contributed by atoms with Crippen molar-refractivity contribution in [3.05, 3.63) is 170 Å². The van der Waals surface area contributed by atoms with E-state index in [2.05, 4.69) is 135 Å². The summed E-state index contributed by atoms with van der Waals surface area (Å²) in [7, 11) is 0. The Morgan fingerprint density at radius 2 is 1.00 bits per heavy atom. The summed E-state index contributed by atoms with van der Waals surface area (Å²) in [6.07, 6.45) is 3.70. The van der Waals surface area contributed by atoms with Gasteiger partial charge in [0.25, 0.3) is 0 Å². The summed E-state index contributed by atoms with van der Waals surface area (Å²) < 4.78 is 7.57. The molecule has 13 aromatic rings. The maximum Gasteiger partial charge on any atom is 0.164 e. The lowest BCUT2D eigenvalue weighted by Gasteiger charge is -2.14. The van der Waals surface area contributed by atoms with Gasteiger partial charge in [-0.25, -0.2) is 15.0 Å². The lowest BCUT2D eigenvalue weighted by atomic mass is 10.0. The number of pyridine rings is 1. The quantitative estimate of drug-likeness (QED) is 0.176. The molecule has 13 rings (SSSR count). The van der Waals surface area contributed by atoms with Crippen LogP contribution in [0.2, 0.25) is 0 Å². The standard InChI is InChI=1S/C50H28N6S/c1-3-10-30(11-4-1)48-52-49(31-12-5-2-6-13-31)54-50(53-48)33-26-32(29-22-24-51-25-23-29)27-34(28-33)55-38-16-9-17-39-43(38)44-40(55)19-21-41-45(44)46-42(57-41)20-18-36-35-14-7-8-15-37(35)56(39)47(36)46/h1-28H. The van der Waals surface area contributed by atoms with Crippen molar-refractivity contribution >= 4 is 80.6 Å². The maximum atomic E-state index is 5.17. The fourth-order valence-electron chi connectivity index (χ4n) is 9.16. The van der Waals surface area contributed by atoms with Gasteiger partial charge in [-0.15, -0.1) is 11.3 Å². The monoisotopic (exact) mass is 744 g/mol. The molecule has 0 aliphatic heterocycles. The second kappa shape index (κ2) is 11.5. The van der Waals surface area contributed by atoms with Crippen LogP contribution in [0.1, 0.15) is 0 Å². The molecule has 0 aliphatic rings. The second-order valence-corrected chi connectivity index (χ2v) is 15.8. The molecular weight excluding hydrogens is 717 g/mol. The van der Waals surface area contributed by atoms with Gasteiger partial charge in [-0.3, -0.25) is 4.98 Å². The smallest absolute Gasteiger partial charge is 0.164 e. The fraction of sp³-hybridized carbons (Fsp3) is 0. The molecule has 0 spiro atoms. The van der Waals surface area contributed by atoms with Gasteiger partial charge >= 0.3 is 0 Å². The molecule has 0 bridgehead atoms. The topological polar surface area (TPSA) is 60.9 Å². The number of hydrogen-bond donors (Lipinski definition) is 0. The third-order valence-corrected chi connectivity index (χ3v) is 12.7. The first-order valence-corrected chi connectivity index (χ1v) is 19.9. The summed E-state index contributed by atoms with van der Waals surface area (Å²) >= 11 is 1.88. The first-order chi connectivity index (χ1) is 28.3. The first-order valence-electron chi connectivity index (χ1n) is 19.0. The molecule has 0 N–H and O–H groups in total. The van der Waals surface area contributed by atoms with E-state index in [1.165, 1.54) is 63.8 Å². The second-order valence-electron chi connectivity index (χ2n) is 14.7. The Labute approximate surface area is 329 Å². The van der Waals surface area contributed by atoms with Crippen molar-refractivity contribution in [1.29, 1.82) is 0 Å². The highest BCUT2D eigenvalue weighted by Crippen LogP contribution is 2.50. The van der Waals surface area contributed by atoms with Gasteiger partial charge in [0, 0.05) is 76.5 Å². The van der Waals surface area contributed by atoms with Crippen molar-refractivity contribution in [3.63, 3.8) is 0 Å². The van der Waals surface area contributed by atoms with E-state index in [1.54, 1.807) is 0 Å². The molecule has 0 amide bonds. The molecule has 6 heterocycles. The van der Waals surface area contributed by atoms with Gasteiger partial charge < -0.3 is 8.97 Å². The zero-order chi connectivity index (χ0) is 37.2. The van der Waals surface area contributed by atoms with Crippen LogP contribution in [0, 0.1) is 0 Å². The molecule has 0 fully saturated rings. The Balaban J connectivity index is 1.16. The van der Waals surface area contributed by atoms with Crippen LogP contribution in [0.3, 0.4) is 0 Å². The summed E-state index contributed by atoms with van der Waals surface area (Å²) in [5, 5.41) is 7.78. The molecule has 6 nitrogen and oxygen atoms in total. The van der Waals surface area contributed by atoms with Crippen LogP contribution in [0.15, 0.2) is 170 Å². The molecule has 264 valence electrons. The molecule has 7 heteroatoms. The Morgan fingerprint density at radius 3 is 1.77 bits per heavy atom. The predicted octanol–water partition coefficient (Wildman–Crippen LogP) is 12.8. The highest BCUT2D eigenvalue weighted by atomic mass is 32.1. The van der Waals surface area contributed by atoms with Crippen molar-refractivity contribution < 1.29 is 0 Å². The minimum Gasteiger partial charge on any atom is -0.309 e. The van der Waals surface area contributed by atoms with E-state index in [1.807, 2.05) is 60.1 Å². The zero-order valence-corrected chi connectivity index (χ0v) is 31.1. The number of para-hydroxylation sites is 1. The van der Waals surface area contributed by atoms with Crippen molar-refractivity contribution in [2.24, 2.45) is 0 Å². The highest BCUT2D eigenvalue weighted by Gasteiger charge is 2.26. The van der Waals surface area contributed by atoms with Gasteiger partial charge in [0.2, 0.25) is 0 Å². The minimum atomic E-state index is 0.611. The van der Waals surface area contributed by atoms with E-state index in [-0.39, 0.29) is 0 Å². The van der Waals surface area contributed by atoms with Crippen molar-refractivity contribution in [2.75, 3.05) is 0 Å². The minimum absolute atomic E-state index is 0.611. The van der Waals surface area contributed by atoms with Crippen LogP contribution in [-0.4, -0.2) is 28.9 Å². The van der Waals surface area contributed by atoms with Crippen LogP contribution in [0.5, 0.6) is 0 Å². The molecule has 0 atom stereocenters. The molecule has 0 unspecified atom stereocenters. The van der Waals surface area contributed by atoms with Gasteiger partial charge in [-0.2, -0.15) is 0 Å². The molecule has 6 aromatic heterocycles. The van der Waals surface area contributed by atoms with Crippen molar-refractivity contribution in [3.8, 4) is 51.0 Å². The first kappa shape index (κ1) is 30.8. The fourth-order valence-corrected chi connectivity index (χ4v) is 10.3. The summed E-state index contributed by atoms with van der Waals surface area (Å²) in [5.74, 6) is 1.87. The van der Waals surface area contributed by atoms with Gasteiger partial charge in [0.15, 0.2) is 17.5 Å². The summed E-state index contributed by atoms with van der Waals surface area (Å²) in [6.45, 7) is 0. The number of nitrogens with zero attached hydrogens (tertiary/aromatic N) is 6. The predicted molar refractivity (Wildman–Crippen MR) is 235 cm³/mol. The van der Waals surface area contributed by atoms with E-state index < -0.39 is 0 Å². The molecule has 0 aliphatic carbocycles. The SMILES string of the molecule is c1ccc(-c2nc(-c3ccccc3)nc(-c3cc(-c4ccncc4)cc(-n4c5ccc6sc7ccc8c9ccccc9n9c%10cccc4c%10c5c6c7c89)c3)n2)cc1. The van der Waals surface area contributed by atoms with Gasteiger partial charge in [0.1, 0.15) is 0 Å².